The van der Waals surface area contributed by atoms with Gasteiger partial charge in [0, 0.05) is 35.3 Å². The fourth-order valence-corrected chi connectivity index (χ4v) is 3.00. The lowest BCUT2D eigenvalue weighted by Gasteiger charge is -2.31. The summed E-state index contributed by atoms with van der Waals surface area (Å²) in [5.41, 5.74) is 9.00. The molecular weight excluding hydrogens is 302 g/mol. The molecule has 1 saturated carbocycles. The Morgan fingerprint density at radius 3 is 2.89 bits per heavy atom. The Bertz CT molecular complexity index is 608. The first-order valence-corrected chi connectivity index (χ1v) is 7.49. The van der Waals surface area contributed by atoms with Gasteiger partial charge in [0.15, 0.2) is 0 Å². The molecule has 0 radical (unpaired) electrons. The topological polar surface area (TPSA) is 42.1 Å². The van der Waals surface area contributed by atoms with E-state index in [1.54, 1.807) is 0 Å². The van der Waals surface area contributed by atoms with Crippen LogP contribution in [0.3, 0.4) is 0 Å². The molecule has 1 aromatic carbocycles. The molecule has 2 aromatic rings. The Hall–Kier alpha value is -1.29. The molecule has 0 atom stereocenters. The van der Waals surface area contributed by atoms with E-state index >= 15 is 0 Å². The minimum atomic E-state index is 0.782. The van der Waals surface area contributed by atoms with Crippen molar-refractivity contribution in [2.45, 2.75) is 19.3 Å². The quantitative estimate of drug-likeness (QED) is 0.874. The molecule has 0 bridgehead atoms. The zero-order valence-corrected chi connectivity index (χ0v) is 12.7. The largest absolute Gasteiger partial charge is 0.398 e. The van der Waals surface area contributed by atoms with Crippen molar-refractivity contribution in [3.8, 4) is 0 Å². The lowest BCUT2D eigenvalue weighted by Crippen LogP contribution is -2.29. The second kappa shape index (κ2) is 5.00. The van der Waals surface area contributed by atoms with Crippen molar-refractivity contribution in [1.82, 2.24) is 4.98 Å². The summed E-state index contributed by atoms with van der Waals surface area (Å²) in [6.45, 7) is 1.11. The molecular formula is C15H18BrN3. The lowest BCUT2D eigenvalue weighted by molar-refractivity contribution is 0.321. The minimum absolute atomic E-state index is 0.782. The maximum Gasteiger partial charge on any atom is 0.0956 e. The fourth-order valence-electron chi connectivity index (χ4n) is 2.67. The third kappa shape index (κ3) is 2.41. The van der Waals surface area contributed by atoms with Crippen LogP contribution in [-0.2, 0) is 0 Å². The van der Waals surface area contributed by atoms with Crippen LogP contribution in [0.2, 0.25) is 0 Å². The molecule has 1 aliphatic carbocycles. The first-order chi connectivity index (χ1) is 9.15. The number of pyridine rings is 1. The van der Waals surface area contributed by atoms with Gasteiger partial charge in [-0.05, 0) is 52.9 Å². The van der Waals surface area contributed by atoms with E-state index in [9.17, 15) is 0 Å². The van der Waals surface area contributed by atoms with E-state index in [-0.39, 0.29) is 0 Å². The minimum Gasteiger partial charge on any atom is -0.398 e. The van der Waals surface area contributed by atoms with E-state index < -0.39 is 0 Å². The zero-order chi connectivity index (χ0) is 13.4. The molecule has 100 valence electrons. The van der Waals surface area contributed by atoms with Gasteiger partial charge in [0.05, 0.1) is 11.2 Å². The number of benzene rings is 1. The summed E-state index contributed by atoms with van der Waals surface area (Å²) in [5, 5.41) is 1.02. The number of hydrogen-bond donors (Lipinski definition) is 1. The summed E-state index contributed by atoms with van der Waals surface area (Å²) in [5.74, 6) is 0.841. The summed E-state index contributed by atoms with van der Waals surface area (Å²) in [4.78, 5) is 6.86. The summed E-state index contributed by atoms with van der Waals surface area (Å²) in [7, 11) is 2.15. The van der Waals surface area contributed by atoms with Crippen LogP contribution in [0.15, 0.2) is 28.9 Å². The summed E-state index contributed by atoms with van der Waals surface area (Å²) >= 11 is 3.46. The molecule has 1 fully saturated rings. The van der Waals surface area contributed by atoms with Gasteiger partial charge in [0.25, 0.3) is 0 Å². The van der Waals surface area contributed by atoms with Gasteiger partial charge in [-0.15, -0.1) is 0 Å². The highest BCUT2D eigenvalue weighted by Gasteiger charge is 2.20. The van der Waals surface area contributed by atoms with E-state index in [1.807, 2.05) is 18.3 Å². The lowest BCUT2D eigenvalue weighted by atomic mass is 9.85. The molecule has 1 aliphatic rings. The third-order valence-corrected chi connectivity index (χ3v) is 4.43. The molecule has 0 saturated heterocycles. The number of halogens is 1. The highest BCUT2D eigenvalue weighted by Crippen LogP contribution is 2.33. The predicted molar refractivity (Wildman–Crippen MR) is 84.5 cm³/mol. The Balaban J connectivity index is 2.00. The molecule has 4 heteroatoms. The van der Waals surface area contributed by atoms with E-state index in [1.165, 1.54) is 24.9 Å². The number of hydrogen-bond acceptors (Lipinski definition) is 3. The second-order valence-electron chi connectivity index (χ2n) is 5.40. The molecule has 0 unspecified atom stereocenters. The van der Waals surface area contributed by atoms with Gasteiger partial charge < -0.3 is 10.6 Å². The SMILES string of the molecule is CN(CC1CCC1)c1ccc(N)c2cc(Br)cnc12. The number of fused-ring (bicyclic) bond motifs is 1. The van der Waals surface area contributed by atoms with Crippen LogP contribution in [0, 0.1) is 5.92 Å². The summed E-state index contributed by atoms with van der Waals surface area (Å²) < 4.78 is 0.963. The van der Waals surface area contributed by atoms with Gasteiger partial charge in [0.2, 0.25) is 0 Å². The molecule has 1 aromatic heterocycles. The Morgan fingerprint density at radius 2 is 2.21 bits per heavy atom. The molecule has 0 amide bonds. The van der Waals surface area contributed by atoms with Crippen molar-refractivity contribution in [2.24, 2.45) is 5.92 Å². The molecule has 2 N–H and O–H groups in total. The monoisotopic (exact) mass is 319 g/mol. The number of anilines is 2. The third-order valence-electron chi connectivity index (χ3n) is 4.00. The zero-order valence-electron chi connectivity index (χ0n) is 11.1. The number of nitrogens with zero attached hydrogens (tertiary/aromatic N) is 2. The van der Waals surface area contributed by atoms with Crippen molar-refractivity contribution in [3.63, 3.8) is 0 Å². The van der Waals surface area contributed by atoms with E-state index in [0.717, 1.165) is 33.5 Å². The maximum atomic E-state index is 6.05. The van der Waals surface area contributed by atoms with Gasteiger partial charge in [-0.2, -0.15) is 0 Å². The molecule has 19 heavy (non-hydrogen) atoms. The predicted octanol–water partition coefficient (Wildman–Crippen LogP) is 3.82. The highest BCUT2D eigenvalue weighted by atomic mass is 79.9. The van der Waals surface area contributed by atoms with Crippen molar-refractivity contribution < 1.29 is 0 Å². The van der Waals surface area contributed by atoms with Crippen LogP contribution in [-0.4, -0.2) is 18.6 Å². The van der Waals surface area contributed by atoms with Crippen molar-refractivity contribution in [1.29, 1.82) is 0 Å². The van der Waals surface area contributed by atoms with Crippen molar-refractivity contribution in [2.75, 3.05) is 24.2 Å². The molecule has 3 rings (SSSR count). The molecule has 0 spiro atoms. The van der Waals surface area contributed by atoms with E-state index in [2.05, 4.69) is 38.9 Å². The van der Waals surface area contributed by atoms with E-state index in [0.29, 0.717) is 0 Å². The summed E-state index contributed by atoms with van der Waals surface area (Å²) in [6.07, 6.45) is 5.93. The van der Waals surface area contributed by atoms with Crippen LogP contribution < -0.4 is 10.6 Å². The van der Waals surface area contributed by atoms with Gasteiger partial charge in [-0.25, -0.2) is 0 Å². The van der Waals surface area contributed by atoms with Crippen LogP contribution in [0.5, 0.6) is 0 Å². The smallest absolute Gasteiger partial charge is 0.0956 e. The number of aromatic nitrogens is 1. The van der Waals surface area contributed by atoms with Gasteiger partial charge >= 0.3 is 0 Å². The Kier molecular flexibility index (Phi) is 3.35. The first-order valence-electron chi connectivity index (χ1n) is 6.70. The van der Waals surface area contributed by atoms with Crippen LogP contribution >= 0.6 is 15.9 Å². The number of nitrogens with two attached hydrogens (primary N) is 1. The molecule has 0 aliphatic heterocycles. The average Bonchev–Trinajstić information content (AvgIpc) is 2.35. The van der Waals surface area contributed by atoms with Gasteiger partial charge in [0.1, 0.15) is 0 Å². The van der Waals surface area contributed by atoms with Gasteiger partial charge in [-0.1, -0.05) is 6.42 Å². The van der Waals surface area contributed by atoms with E-state index in [4.69, 9.17) is 5.73 Å². The average molecular weight is 320 g/mol. The summed E-state index contributed by atoms with van der Waals surface area (Å²) in [6, 6.07) is 6.10. The van der Waals surface area contributed by atoms with Crippen LogP contribution in [0.4, 0.5) is 11.4 Å². The molecule has 1 heterocycles. The Labute approximate surface area is 121 Å². The normalized spacial score (nSPS) is 15.5. The maximum absolute atomic E-state index is 6.05. The number of rotatable bonds is 3. The second-order valence-corrected chi connectivity index (χ2v) is 6.32. The standard InChI is InChI=1S/C15H18BrN3/c1-19(9-10-3-2-4-10)14-6-5-13(17)12-7-11(16)8-18-15(12)14/h5-8,10H,2-4,9,17H2,1H3. The first kappa shape index (κ1) is 12.7. The van der Waals surface area contributed by atoms with Gasteiger partial charge in [-0.3, -0.25) is 4.98 Å². The van der Waals surface area contributed by atoms with Crippen LogP contribution in [0.25, 0.3) is 10.9 Å². The molecule has 3 nitrogen and oxygen atoms in total. The van der Waals surface area contributed by atoms with Crippen LogP contribution in [0.1, 0.15) is 19.3 Å². The highest BCUT2D eigenvalue weighted by molar-refractivity contribution is 9.10. The van der Waals surface area contributed by atoms with Crippen molar-refractivity contribution in [3.05, 3.63) is 28.9 Å². The fraction of sp³-hybridized carbons (Fsp3) is 0.400. The number of nitrogen functional groups attached to an aromatic ring is 1. The Morgan fingerprint density at radius 1 is 1.42 bits per heavy atom. The van der Waals surface area contributed by atoms with Crippen molar-refractivity contribution >= 4 is 38.2 Å².